The quantitative estimate of drug-likeness (QED) is 0.167. The van der Waals surface area contributed by atoms with E-state index in [1.165, 1.54) is 71.2 Å². The van der Waals surface area contributed by atoms with Crippen molar-refractivity contribution < 1.29 is 9.59 Å². The van der Waals surface area contributed by atoms with E-state index in [0.29, 0.717) is 23.4 Å². The molecule has 8 aromatic rings. The molecule has 2 heterocycles. The molecule has 3 nitrogen and oxygen atoms in total. The first-order valence-corrected chi connectivity index (χ1v) is 24.3. The molecule has 14 rings (SSSR count). The Kier molecular flexibility index (Phi) is 8.21. The number of fused-ring (bicyclic) bond motifs is 12. The molecule has 2 fully saturated rings. The lowest BCUT2D eigenvalue weighted by Crippen LogP contribution is -2.42. The molecule has 0 unspecified atom stereocenters. The van der Waals surface area contributed by atoms with Crippen LogP contribution in [0.25, 0.3) is 71.1 Å². The zero-order chi connectivity index (χ0) is 43.5. The van der Waals surface area contributed by atoms with Crippen molar-refractivity contribution in [1.29, 1.82) is 0 Å². The van der Waals surface area contributed by atoms with E-state index < -0.39 is 0 Å². The number of Topliss-reactive ketones (excluding diaryl/α,β-unsaturated/α-hetero) is 2. The maximum atomic E-state index is 15.5. The highest BCUT2D eigenvalue weighted by atomic mass is 16.1. The van der Waals surface area contributed by atoms with Gasteiger partial charge in [0.05, 0.1) is 16.6 Å². The maximum absolute atomic E-state index is 15.5. The third kappa shape index (κ3) is 4.82. The van der Waals surface area contributed by atoms with E-state index in [2.05, 4.69) is 163 Å². The lowest BCUT2D eigenvalue weighted by Gasteiger charge is -2.46. The maximum Gasteiger partial charge on any atom is 0.169 e. The Hall–Kier alpha value is -5.28. The molecule has 0 N–H and O–H groups in total. The Morgan fingerprint density at radius 1 is 0.397 bits per heavy atom. The van der Waals surface area contributed by atoms with Gasteiger partial charge < -0.3 is 4.40 Å². The number of hydrogen-bond acceptors (Lipinski definition) is 2. The van der Waals surface area contributed by atoms with Crippen molar-refractivity contribution in [3.63, 3.8) is 0 Å². The van der Waals surface area contributed by atoms with Gasteiger partial charge in [-0.25, -0.2) is 0 Å². The van der Waals surface area contributed by atoms with Crippen LogP contribution in [0.15, 0.2) is 103 Å². The molecule has 0 radical (unpaired) electrons. The van der Waals surface area contributed by atoms with Gasteiger partial charge in [-0.3, -0.25) is 9.59 Å². The molecule has 0 aliphatic heterocycles. The van der Waals surface area contributed by atoms with E-state index in [1.54, 1.807) is 0 Å². The van der Waals surface area contributed by atoms with Gasteiger partial charge in [-0.2, -0.15) is 0 Å². The van der Waals surface area contributed by atoms with E-state index in [9.17, 15) is 0 Å². The number of aromatic nitrogens is 1. The fourth-order valence-electron chi connectivity index (χ4n) is 14.7. The fraction of sp³-hybridized carbons (Fsp3) is 0.400. The average molecular weight is 828 g/mol. The highest BCUT2D eigenvalue weighted by Gasteiger charge is 2.57. The van der Waals surface area contributed by atoms with Crippen LogP contribution in [0.4, 0.5) is 0 Å². The second-order valence-electron chi connectivity index (χ2n) is 22.0. The van der Waals surface area contributed by atoms with Crippen molar-refractivity contribution in [2.24, 2.45) is 34.5 Å². The third-order valence-corrected chi connectivity index (χ3v) is 18.9. The lowest BCUT2D eigenvalue weighted by atomic mass is 9.57. The van der Waals surface area contributed by atoms with Crippen molar-refractivity contribution in [2.75, 3.05) is 0 Å². The van der Waals surface area contributed by atoms with Crippen molar-refractivity contribution in [3.05, 3.63) is 125 Å². The minimum Gasteiger partial charge on any atom is -0.308 e. The molecule has 3 heteroatoms. The number of carbonyl (C=O) groups excluding carboxylic acids is 2. The van der Waals surface area contributed by atoms with E-state index in [0.717, 1.165) is 73.5 Å². The van der Waals surface area contributed by atoms with Crippen LogP contribution in [0.1, 0.15) is 139 Å². The molecule has 318 valence electrons. The van der Waals surface area contributed by atoms with E-state index in [1.807, 2.05) is 0 Å². The second-order valence-corrected chi connectivity index (χ2v) is 22.0. The Balaban J connectivity index is 1.32. The molecular formula is C60H61NO2. The molecule has 2 aromatic heterocycles. The van der Waals surface area contributed by atoms with Gasteiger partial charge in [0.1, 0.15) is 0 Å². The topological polar surface area (TPSA) is 38.5 Å². The van der Waals surface area contributed by atoms with Crippen molar-refractivity contribution >= 4 is 60.4 Å². The molecule has 0 spiro atoms. The van der Waals surface area contributed by atoms with E-state index >= 15 is 9.59 Å². The Bertz CT molecular complexity index is 3210. The zero-order valence-corrected chi connectivity index (χ0v) is 38.5. The third-order valence-electron chi connectivity index (χ3n) is 18.9. The Morgan fingerprint density at radius 3 is 1.29 bits per heavy atom. The molecular weight excluding hydrogens is 767 g/mol. The Morgan fingerprint density at radius 2 is 0.810 bits per heavy atom. The first-order valence-electron chi connectivity index (χ1n) is 24.3. The van der Waals surface area contributed by atoms with Gasteiger partial charge in [-0.15, -0.1) is 0 Å². The fourth-order valence-corrected chi connectivity index (χ4v) is 14.7. The molecule has 0 atom stereocenters. The second kappa shape index (κ2) is 13.2. The van der Waals surface area contributed by atoms with Crippen molar-refractivity contribution in [3.8, 4) is 22.3 Å². The van der Waals surface area contributed by atoms with Crippen molar-refractivity contribution in [2.45, 2.75) is 118 Å². The van der Waals surface area contributed by atoms with Crippen LogP contribution in [0.5, 0.6) is 0 Å². The molecule has 6 aliphatic carbocycles. The molecule has 2 saturated carbocycles. The molecule has 63 heavy (non-hydrogen) atoms. The summed E-state index contributed by atoms with van der Waals surface area (Å²) in [5, 5.41) is 7.44. The molecule has 0 amide bonds. The van der Waals surface area contributed by atoms with Gasteiger partial charge in [-0.05, 0) is 155 Å². The predicted octanol–water partition coefficient (Wildman–Crippen LogP) is 15.9. The number of hydrogen-bond donors (Lipinski definition) is 0. The standard InChI is InChI=1S/C60H61NO2/c1-34(2)57-21-25-59(26-22-57,36(5)6)55(62)45-32-50-42(30-48(45)57)44-29-43-40(38-15-11-9-12-16-38)19-20-41(39-17-13-10-14-18-39)52(43)53-47-31-49-46(33-51(47)61(50)54(44)53)56(63)60(37(7)8)27-23-58(49,24-28-60)35(3)4/h9-20,29-37H,21-28H2,1-8H3. The molecule has 6 aliphatic rings. The summed E-state index contributed by atoms with van der Waals surface area (Å²) in [5.41, 5.74) is 11.8. The number of benzene rings is 6. The predicted molar refractivity (Wildman–Crippen MR) is 263 cm³/mol. The molecule has 0 saturated heterocycles. The van der Waals surface area contributed by atoms with Crippen LogP contribution >= 0.6 is 0 Å². The number of rotatable bonds is 6. The smallest absolute Gasteiger partial charge is 0.169 e. The largest absolute Gasteiger partial charge is 0.308 e. The minimum atomic E-state index is -0.353. The molecule has 4 bridgehead atoms. The first-order chi connectivity index (χ1) is 30.3. The summed E-state index contributed by atoms with van der Waals surface area (Å²) in [6.45, 7) is 18.7. The first kappa shape index (κ1) is 39.3. The summed E-state index contributed by atoms with van der Waals surface area (Å²) in [7, 11) is 0. The number of ketones is 2. The highest BCUT2D eigenvalue weighted by Crippen LogP contribution is 2.62. The summed E-state index contributed by atoms with van der Waals surface area (Å²) in [5.74, 6) is 2.01. The minimum absolute atomic E-state index is 0.0563. The number of carbonyl (C=O) groups is 2. The summed E-state index contributed by atoms with van der Waals surface area (Å²) in [6.07, 6.45) is 7.96. The van der Waals surface area contributed by atoms with Gasteiger partial charge in [0.15, 0.2) is 11.6 Å². The van der Waals surface area contributed by atoms with Gasteiger partial charge in [-0.1, -0.05) is 128 Å². The van der Waals surface area contributed by atoms with Crippen LogP contribution in [0.3, 0.4) is 0 Å². The summed E-state index contributed by atoms with van der Waals surface area (Å²) < 4.78 is 2.51. The summed E-state index contributed by atoms with van der Waals surface area (Å²) >= 11 is 0. The molecule has 6 aromatic carbocycles. The normalized spacial score (nSPS) is 25.8. The average Bonchev–Trinajstić information content (AvgIpc) is 3.66. The monoisotopic (exact) mass is 827 g/mol. The SMILES string of the molecule is CC(C)C12CCC(C(C)C)(CC1)c1cc3c4cc5c(-c6ccccc6)ccc(-c6ccccc6)c5c5c6cc7c(cc6n(c3cc1C2=O)c45)C(=O)C1(C(C)C)CCC7(C(C)C)CC1. The van der Waals surface area contributed by atoms with Crippen LogP contribution in [-0.4, -0.2) is 16.0 Å². The Labute approximate surface area is 372 Å². The van der Waals surface area contributed by atoms with Crippen LogP contribution in [-0.2, 0) is 10.8 Å². The van der Waals surface area contributed by atoms with E-state index in [-0.39, 0.29) is 33.5 Å². The zero-order valence-electron chi connectivity index (χ0n) is 38.5. The van der Waals surface area contributed by atoms with Gasteiger partial charge in [0, 0.05) is 48.9 Å². The van der Waals surface area contributed by atoms with Crippen LogP contribution < -0.4 is 0 Å². The highest BCUT2D eigenvalue weighted by molar-refractivity contribution is 6.35. The van der Waals surface area contributed by atoms with Crippen molar-refractivity contribution in [1.82, 2.24) is 4.40 Å². The van der Waals surface area contributed by atoms with Gasteiger partial charge in [0.25, 0.3) is 0 Å². The van der Waals surface area contributed by atoms with Gasteiger partial charge in [0.2, 0.25) is 0 Å². The number of nitrogens with zero attached hydrogens (tertiary/aromatic N) is 1. The lowest BCUT2D eigenvalue weighted by molar-refractivity contribution is 0.0470. The summed E-state index contributed by atoms with van der Waals surface area (Å²) in [6, 6.07) is 38.7. The van der Waals surface area contributed by atoms with Gasteiger partial charge >= 0.3 is 0 Å². The summed E-state index contributed by atoms with van der Waals surface area (Å²) in [4.78, 5) is 30.9. The van der Waals surface area contributed by atoms with E-state index in [4.69, 9.17) is 0 Å². The van der Waals surface area contributed by atoms with Crippen LogP contribution in [0, 0.1) is 34.5 Å². The van der Waals surface area contributed by atoms with Crippen LogP contribution in [0.2, 0.25) is 0 Å².